The molecule has 3 heterocycles. The minimum atomic E-state index is -0.754. The van der Waals surface area contributed by atoms with Crippen LogP contribution < -0.4 is 0 Å². The number of hydrogen-bond donors (Lipinski definition) is 0. The summed E-state index contributed by atoms with van der Waals surface area (Å²) in [5, 5.41) is 2.57. The van der Waals surface area contributed by atoms with Gasteiger partial charge in [-0.2, -0.15) is 0 Å². The van der Waals surface area contributed by atoms with E-state index in [1.165, 1.54) is 44.0 Å². The molecule has 3 aliphatic heterocycles. The molecule has 2 bridgehead atoms. The van der Waals surface area contributed by atoms with Crippen molar-refractivity contribution in [3.05, 3.63) is 105 Å². The van der Waals surface area contributed by atoms with E-state index in [0.717, 1.165) is 17.7 Å². The second-order valence-corrected chi connectivity index (χ2v) is 12.8. The number of ether oxygens (including phenoxy) is 1. The van der Waals surface area contributed by atoms with Crippen LogP contribution in [0, 0.1) is 10.8 Å². The summed E-state index contributed by atoms with van der Waals surface area (Å²) >= 11 is 0. The van der Waals surface area contributed by atoms with Crippen molar-refractivity contribution >= 4 is 28.5 Å². The maximum atomic E-state index is 6.67. The highest BCUT2D eigenvalue weighted by atomic mass is 31.1. The SMILES string of the molecule is CC1=C(c2ccccc2)C2(C)CP(O1)C(C1=C(C)C(C)(/C(=C(/C)P)c3ccccc3)CO1)=C2C. The van der Waals surface area contributed by atoms with Crippen molar-refractivity contribution in [3.63, 3.8) is 0 Å². The fraction of sp³-hybridized carbons (Fsp3) is 0.333. The number of hydrogen-bond acceptors (Lipinski definition) is 2. The van der Waals surface area contributed by atoms with Crippen LogP contribution in [-0.2, 0) is 9.26 Å². The Hall–Kier alpha value is -2.14. The largest absolute Gasteiger partial charge is 0.492 e. The van der Waals surface area contributed by atoms with Crippen molar-refractivity contribution in [1.82, 2.24) is 0 Å². The number of benzene rings is 2. The van der Waals surface area contributed by atoms with Gasteiger partial charge in [0.15, 0.2) is 0 Å². The third-order valence-corrected chi connectivity index (χ3v) is 10.7. The molecule has 176 valence electrons. The highest BCUT2D eigenvalue weighted by Gasteiger charge is 2.53. The van der Waals surface area contributed by atoms with Crippen LogP contribution in [0.1, 0.15) is 52.7 Å². The zero-order chi connectivity index (χ0) is 24.3. The lowest BCUT2D eigenvalue weighted by molar-refractivity contribution is 0.209. The van der Waals surface area contributed by atoms with Crippen LogP contribution in [0.3, 0.4) is 0 Å². The predicted molar refractivity (Wildman–Crippen MR) is 148 cm³/mol. The molecule has 0 radical (unpaired) electrons. The minimum absolute atomic E-state index is 0.0328. The van der Waals surface area contributed by atoms with Crippen molar-refractivity contribution in [2.45, 2.75) is 41.5 Å². The lowest BCUT2D eigenvalue weighted by Gasteiger charge is -2.35. The Labute approximate surface area is 207 Å². The van der Waals surface area contributed by atoms with Crippen molar-refractivity contribution in [1.29, 1.82) is 0 Å². The quantitative estimate of drug-likeness (QED) is 0.401. The van der Waals surface area contributed by atoms with Gasteiger partial charge in [-0.25, -0.2) is 0 Å². The molecule has 0 spiro atoms. The second-order valence-electron chi connectivity index (χ2n) is 10.2. The molecule has 2 aromatic carbocycles. The first-order chi connectivity index (χ1) is 16.2. The van der Waals surface area contributed by atoms with Gasteiger partial charge in [-0.3, -0.25) is 0 Å². The van der Waals surface area contributed by atoms with E-state index in [1.807, 2.05) is 0 Å². The molecule has 2 aromatic rings. The predicted octanol–water partition coefficient (Wildman–Crippen LogP) is 8.76. The van der Waals surface area contributed by atoms with Crippen LogP contribution in [0.15, 0.2) is 94.0 Å². The zero-order valence-corrected chi connectivity index (χ0v) is 23.1. The monoisotopic (exact) mass is 488 g/mol. The second kappa shape index (κ2) is 8.51. The smallest absolute Gasteiger partial charge is 0.130 e. The number of rotatable bonds is 4. The lowest BCUT2D eigenvalue weighted by Crippen LogP contribution is -2.24. The van der Waals surface area contributed by atoms with Gasteiger partial charge in [0.05, 0.1) is 10.7 Å². The molecule has 3 aliphatic rings. The molecule has 0 fully saturated rings. The van der Waals surface area contributed by atoms with E-state index in [-0.39, 0.29) is 10.8 Å². The van der Waals surface area contributed by atoms with E-state index in [9.17, 15) is 0 Å². The standard InChI is InChI=1S/C30H34O2P2/c1-19-27(31-17-29(19,5)26(22(4)33)24-15-11-8-12-16-24)28-20(2)30(6)18-34(28)32-21(3)25(30)23-13-9-7-10-14-23/h7-16H,17-18,33H2,1-6H3/b26-22-. The van der Waals surface area contributed by atoms with Crippen LogP contribution in [0.2, 0.25) is 0 Å². The Kier molecular flexibility index (Phi) is 5.91. The van der Waals surface area contributed by atoms with Gasteiger partial charge in [0.2, 0.25) is 0 Å². The van der Waals surface area contributed by atoms with Crippen molar-refractivity contribution < 1.29 is 9.26 Å². The normalized spacial score (nSPS) is 29.3. The fourth-order valence-electron chi connectivity index (χ4n) is 6.06. The van der Waals surface area contributed by atoms with E-state index in [0.29, 0.717) is 6.61 Å². The molecular formula is C30H34O2P2. The Balaban J connectivity index is 1.62. The molecule has 2 nitrogen and oxygen atoms in total. The van der Waals surface area contributed by atoms with Gasteiger partial charge in [-0.15, -0.1) is 9.24 Å². The van der Waals surface area contributed by atoms with E-state index in [2.05, 4.69) is 111 Å². The molecular weight excluding hydrogens is 454 g/mol. The first-order valence-electron chi connectivity index (χ1n) is 12.0. The minimum Gasteiger partial charge on any atom is -0.492 e. The molecule has 0 saturated carbocycles. The Bertz CT molecular complexity index is 1270. The van der Waals surface area contributed by atoms with E-state index in [1.54, 1.807) is 0 Å². The molecule has 4 unspecified atom stereocenters. The van der Waals surface area contributed by atoms with Gasteiger partial charge in [0.25, 0.3) is 0 Å². The summed E-state index contributed by atoms with van der Waals surface area (Å²) in [6.45, 7) is 14.3. The van der Waals surface area contributed by atoms with Crippen LogP contribution in [0.25, 0.3) is 11.1 Å². The molecule has 0 amide bonds. The summed E-state index contributed by atoms with van der Waals surface area (Å²) in [6, 6.07) is 21.5. The summed E-state index contributed by atoms with van der Waals surface area (Å²) < 4.78 is 13.3. The highest BCUT2D eigenvalue weighted by molar-refractivity contribution is 7.58. The summed E-state index contributed by atoms with van der Waals surface area (Å²) in [4.78, 5) is 0. The molecule has 4 atom stereocenters. The Morgan fingerprint density at radius 2 is 1.53 bits per heavy atom. The topological polar surface area (TPSA) is 18.5 Å². The van der Waals surface area contributed by atoms with Crippen molar-refractivity contribution in [2.75, 3.05) is 12.8 Å². The van der Waals surface area contributed by atoms with Gasteiger partial charge >= 0.3 is 0 Å². The highest BCUT2D eigenvalue weighted by Crippen LogP contribution is 2.72. The van der Waals surface area contributed by atoms with Crippen molar-refractivity contribution in [2.24, 2.45) is 10.8 Å². The summed E-state index contributed by atoms with van der Waals surface area (Å²) in [7, 11) is 2.18. The van der Waals surface area contributed by atoms with Gasteiger partial charge in [0.1, 0.15) is 26.3 Å². The van der Waals surface area contributed by atoms with Gasteiger partial charge in [0, 0.05) is 17.2 Å². The average molecular weight is 489 g/mol. The lowest BCUT2D eigenvalue weighted by atomic mass is 9.72. The van der Waals surface area contributed by atoms with Gasteiger partial charge in [-0.1, -0.05) is 72.9 Å². The molecule has 34 heavy (non-hydrogen) atoms. The summed E-state index contributed by atoms with van der Waals surface area (Å²) in [5.41, 5.74) is 7.67. The molecule has 0 aromatic heterocycles. The average Bonchev–Trinajstić information content (AvgIpc) is 3.20. The number of allylic oxidation sites excluding steroid dienone is 5. The van der Waals surface area contributed by atoms with E-state index in [4.69, 9.17) is 9.26 Å². The fourth-order valence-corrected chi connectivity index (χ4v) is 9.33. The molecule has 4 heteroatoms. The van der Waals surface area contributed by atoms with Crippen LogP contribution in [-0.4, -0.2) is 12.8 Å². The molecule has 5 rings (SSSR count). The summed E-state index contributed by atoms with van der Waals surface area (Å²) in [6.07, 6.45) is 1.02. The summed E-state index contributed by atoms with van der Waals surface area (Å²) in [5.74, 6) is 2.13. The maximum absolute atomic E-state index is 6.67. The molecule has 0 N–H and O–H groups in total. The Morgan fingerprint density at radius 1 is 0.912 bits per heavy atom. The van der Waals surface area contributed by atoms with Crippen molar-refractivity contribution in [3.8, 4) is 0 Å². The molecule has 0 saturated heterocycles. The van der Waals surface area contributed by atoms with E-state index >= 15 is 0 Å². The van der Waals surface area contributed by atoms with Crippen LogP contribution in [0.4, 0.5) is 0 Å². The van der Waals surface area contributed by atoms with E-state index < -0.39 is 8.15 Å². The third-order valence-electron chi connectivity index (χ3n) is 8.00. The van der Waals surface area contributed by atoms with Gasteiger partial charge in [-0.05, 0) is 62.5 Å². The maximum Gasteiger partial charge on any atom is 0.130 e. The van der Waals surface area contributed by atoms with Crippen LogP contribution >= 0.6 is 17.4 Å². The number of fused-ring (bicyclic) bond motifs is 2. The van der Waals surface area contributed by atoms with Gasteiger partial charge < -0.3 is 9.26 Å². The molecule has 0 aliphatic carbocycles. The zero-order valence-electron chi connectivity index (χ0n) is 21.0. The van der Waals surface area contributed by atoms with Crippen LogP contribution in [0.5, 0.6) is 0 Å². The third kappa shape index (κ3) is 3.45. The first kappa shape index (κ1) is 23.6. The Morgan fingerprint density at radius 3 is 2.15 bits per heavy atom. The first-order valence-corrected chi connectivity index (χ1v) is 14.0.